The zero-order valence-corrected chi connectivity index (χ0v) is 14.3. The molecule has 1 fully saturated rings. The molecular weight excluding hydrogens is 345 g/mol. The number of carbonyl (C=O) groups excluding carboxylic acids is 1. The minimum Gasteiger partial charge on any atom is -0.478 e. The first kappa shape index (κ1) is 18.1. The second-order valence-corrected chi connectivity index (χ2v) is 6.12. The third kappa shape index (κ3) is 4.09. The van der Waals surface area contributed by atoms with Crippen molar-refractivity contribution >= 4 is 11.6 Å². The van der Waals surface area contributed by atoms with Crippen LogP contribution in [0.1, 0.15) is 6.92 Å². The molecule has 1 atom stereocenters. The first-order valence-corrected chi connectivity index (χ1v) is 8.35. The van der Waals surface area contributed by atoms with Crippen LogP contribution in [0.4, 0.5) is 18.9 Å². The van der Waals surface area contributed by atoms with Gasteiger partial charge in [0, 0.05) is 37.9 Å². The summed E-state index contributed by atoms with van der Waals surface area (Å²) in [6, 6.07) is 9.18. The minimum atomic E-state index is -0.882. The van der Waals surface area contributed by atoms with Crippen LogP contribution in [0.15, 0.2) is 42.5 Å². The van der Waals surface area contributed by atoms with Crippen molar-refractivity contribution in [3.63, 3.8) is 0 Å². The zero-order chi connectivity index (χ0) is 18.7. The van der Waals surface area contributed by atoms with Gasteiger partial charge in [0.15, 0.2) is 17.7 Å². The number of rotatable bonds is 4. The number of nitrogens with zero attached hydrogens (tertiary/aromatic N) is 2. The Kier molecular flexibility index (Phi) is 5.35. The number of halogens is 3. The van der Waals surface area contributed by atoms with Crippen LogP contribution in [0, 0.1) is 17.5 Å². The third-order valence-electron chi connectivity index (χ3n) is 4.33. The number of amides is 1. The largest absolute Gasteiger partial charge is 0.478 e. The van der Waals surface area contributed by atoms with E-state index in [9.17, 15) is 18.0 Å². The lowest BCUT2D eigenvalue weighted by atomic mass is 10.2. The topological polar surface area (TPSA) is 32.8 Å². The number of hydrogen-bond acceptors (Lipinski definition) is 3. The summed E-state index contributed by atoms with van der Waals surface area (Å²) in [6.45, 7) is 3.72. The smallest absolute Gasteiger partial charge is 0.263 e. The highest BCUT2D eigenvalue weighted by atomic mass is 19.1. The molecule has 26 heavy (non-hydrogen) atoms. The molecule has 0 N–H and O–H groups in total. The van der Waals surface area contributed by atoms with Crippen molar-refractivity contribution in [2.75, 3.05) is 31.1 Å². The Morgan fingerprint density at radius 3 is 2.19 bits per heavy atom. The van der Waals surface area contributed by atoms with Crippen molar-refractivity contribution in [3.8, 4) is 5.75 Å². The van der Waals surface area contributed by atoms with Crippen LogP contribution < -0.4 is 9.64 Å². The van der Waals surface area contributed by atoms with E-state index >= 15 is 0 Å². The summed E-state index contributed by atoms with van der Waals surface area (Å²) >= 11 is 0. The number of benzene rings is 2. The van der Waals surface area contributed by atoms with E-state index in [1.807, 2.05) is 0 Å². The Morgan fingerprint density at radius 2 is 1.58 bits per heavy atom. The van der Waals surface area contributed by atoms with Gasteiger partial charge in [-0.05, 0) is 43.3 Å². The van der Waals surface area contributed by atoms with E-state index in [2.05, 4.69) is 4.90 Å². The monoisotopic (exact) mass is 364 g/mol. The lowest BCUT2D eigenvalue weighted by Gasteiger charge is -2.37. The lowest BCUT2D eigenvalue weighted by molar-refractivity contribution is -0.138. The van der Waals surface area contributed by atoms with E-state index in [4.69, 9.17) is 4.74 Å². The van der Waals surface area contributed by atoms with Gasteiger partial charge in [-0.2, -0.15) is 0 Å². The summed E-state index contributed by atoms with van der Waals surface area (Å²) in [4.78, 5) is 16.2. The molecule has 0 saturated carbocycles. The van der Waals surface area contributed by atoms with Gasteiger partial charge in [0.1, 0.15) is 11.6 Å². The first-order chi connectivity index (χ1) is 12.4. The standard InChI is InChI=1S/C19H19F3N2O2/c1-13(26-18-7-4-15(21)12-17(18)22)19(25)24-10-8-23(9-11-24)16-5-2-14(20)3-6-16/h2-7,12-13H,8-11H2,1H3/t13-/m0/s1. The molecule has 3 rings (SSSR count). The molecule has 0 bridgehead atoms. The normalized spacial score (nSPS) is 15.7. The number of hydrogen-bond donors (Lipinski definition) is 0. The fourth-order valence-corrected chi connectivity index (χ4v) is 2.91. The zero-order valence-electron chi connectivity index (χ0n) is 14.3. The quantitative estimate of drug-likeness (QED) is 0.835. The molecule has 1 heterocycles. The molecule has 2 aromatic rings. The average molecular weight is 364 g/mol. The van der Waals surface area contributed by atoms with Crippen LogP contribution in [0.5, 0.6) is 5.75 Å². The Balaban J connectivity index is 1.56. The highest BCUT2D eigenvalue weighted by Gasteiger charge is 2.26. The molecule has 0 aromatic heterocycles. The average Bonchev–Trinajstić information content (AvgIpc) is 2.64. The molecular formula is C19H19F3N2O2. The van der Waals surface area contributed by atoms with Gasteiger partial charge in [0.2, 0.25) is 0 Å². The van der Waals surface area contributed by atoms with E-state index in [1.165, 1.54) is 25.1 Å². The van der Waals surface area contributed by atoms with Gasteiger partial charge in [-0.3, -0.25) is 4.79 Å². The summed E-state index contributed by atoms with van der Waals surface area (Å²) < 4.78 is 45.0. The summed E-state index contributed by atoms with van der Waals surface area (Å²) in [6.07, 6.45) is -0.882. The molecule has 0 spiro atoms. The lowest BCUT2D eigenvalue weighted by Crippen LogP contribution is -2.52. The van der Waals surface area contributed by atoms with E-state index in [1.54, 1.807) is 17.0 Å². The van der Waals surface area contributed by atoms with Crippen LogP contribution >= 0.6 is 0 Å². The van der Waals surface area contributed by atoms with E-state index in [0.29, 0.717) is 32.2 Å². The number of anilines is 1. The van der Waals surface area contributed by atoms with E-state index < -0.39 is 17.7 Å². The Morgan fingerprint density at radius 1 is 0.962 bits per heavy atom. The number of carbonyl (C=O) groups is 1. The third-order valence-corrected chi connectivity index (χ3v) is 4.33. The summed E-state index contributed by atoms with van der Waals surface area (Å²) in [5, 5.41) is 0. The molecule has 1 aliphatic heterocycles. The van der Waals surface area contributed by atoms with Crippen molar-refractivity contribution in [1.82, 2.24) is 4.90 Å². The van der Waals surface area contributed by atoms with Crippen molar-refractivity contribution in [2.45, 2.75) is 13.0 Å². The summed E-state index contributed by atoms with van der Waals surface area (Å²) in [7, 11) is 0. The van der Waals surface area contributed by atoms with Crippen LogP contribution in [-0.2, 0) is 4.79 Å². The molecule has 4 nitrogen and oxygen atoms in total. The Bertz CT molecular complexity index is 775. The second kappa shape index (κ2) is 7.68. The van der Waals surface area contributed by atoms with Crippen LogP contribution in [0.25, 0.3) is 0 Å². The molecule has 0 radical (unpaired) electrons. The molecule has 2 aromatic carbocycles. The van der Waals surface area contributed by atoms with Crippen molar-refractivity contribution in [3.05, 3.63) is 59.9 Å². The fourth-order valence-electron chi connectivity index (χ4n) is 2.91. The van der Waals surface area contributed by atoms with E-state index in [-0.39, 0.29) is 17.5 Å². The van der Waals surface area contributed by atoms with Gasteiger partial charge in [0.25, 0.3) is 5.91 Å². The summed E-state index contributed by atoms with van der Waals surface area (Å²) in [5.74, 6) is -2.25. The maximum Gasteiger partial charge on any atom is 0.263 e. The number of ether oxygens (including phenoxy) is 1. The van der Waals surface area contributed by atoms with Crippen molar-refractivity contribution in [1.29, 1.82) is 0 Å². The minimum absolute atomic E-state index is 0.155. The predicted molar refractivity (Wildman–Crippen MR) is 91.6 cm³/mol. The van der Waals surface area contributed by atoms with Gasteiger partial charge < -0.3 is 14.5 Å². The molecule has 0 unspecified atom stereocenters. The van der Waals surface area contributed by atoms with Crippen molar-refractivity contribution in [2.24, 2.45) is 0 Å². The van der Waals surface area contributed by atoms with Crippen molar-refractivity contribution < 1.29 is 22.7 Å². The molecule has 138 valence electrons. The van der Waals surface area contributed by atoms with Gasteiger partial charge in [-0.25, -0.2) is 13.2 Å². The fraction of sp³-hybridized carbons (Fsp3) is 0.316. The van der Waals surface area contributed by atoms with Crippen LogP contribution in [0.3, 0.4) is 0 Å². The summed E-state index contributed by atoms with van der Waals surface area (Å²) in [5.41, 5.74) is 0.899. The highest BCUT2D eigenvalue weighted by Crippen LogP contribution is 2.21. The van der Waals surface area contributed by atoms with Gasteiger partial charge in [-0.15, -0.1) is 0 Å². The first-order valence-electron chi connectivity index (χ1n) is 8.35. The molecule has 1 amide bonds. The number of piperazine rings is 1. The van der Waals surface area contributed by atoms with E-state index in [0.717, 1.165) is 11.8 Å². The van der Waals surface area contributed by atoms with Gasteiger partial charge >= 0.3 is 0 Å². The van der Waals surface area contributed by atoms with Gasteiger partial charge in [-0.1, -0.05) is 0 Å². The Labute approximate surface area is 149 Å². The van der Waals surface area contributed by atoms with Crippen LogP contribution in [0.2, 0.25) is 0 Å². The predicted octanol–water partition coefficient (Wildman–Crippen LogP) is 3.22. The maximum atomic E-state index is 13.7. The second-order valence-electron chi connectivity index (χ2n) is 6.12. The molecule has 0 aliphatic carbocycles. The maximum absolute atomic E-state index is 13.7. The molecule has 1 aliphatic rings. The molecule has 1 saturated heterocycles. The highest BCUT2D eigenvalue weighted by molar-refractivity contribution is 5.81. The van der Waals surface area contributed by atoms with Crippen LogP contribution in [-0.4, -0.2) is 43.1 Å². The van der Waals surface area contributed by atoms with Gasteiger partial charge in [0.05, 0.1) is 0 Å². The SMILES string of the molecule is C[C@H](Oc1ccc(F)cc1F)C(=O)N1CCN(c2ccc(F)cc2)CC1. The Hall–Kier alpha value is -2.70. The molecule has 7 heteroatoms.